The molecule has 0 aliphatic carbocycles. The Hall–Kier alpha value is -4.86. The maximum atomic E-state index is 12.9. The Morgan fingerprint density at radius 2 is 1.53 bits per heavy atom. The number of anilines is 2. The van der Waals surface area contributed by atoms with Crippen LogP contribution in [0.4, 0.5) is 16.2 Å². The number of ether oxygens (including phenoxy) is 1. The van der Waals surface area contributed by atoms with E-state index in [1.807, 2.05) is 30.3 Å². The van der Waals surface area contributed by atoms with Gasteiger partial charge in [-0.15, -0.1) is 0 Å². The largest absolute Gasteiger partial charge is 0.480 e. The van der Waals surface area contributed by atoms with Crippen molar-refractivity contribution in [1.82, 2.24) is 5.32 Å². The number of nitrogens with zero attached hydrogens (tertiary/aromatic N) is 1. The molecule has 2 atom stereocenters. The van der Waals surface area contributed by atoms with Crippen LogP contribution in [-0.4, -0.2) is 52.8 Å². The van der Waals surface area contributed by atoms with Crippen molar-refractivity contribution in [1.29, 1.82) is 0 Å². The fraction of sp³-hybridized carbons (Fsp3) is 0.214. The predicted molar refractivity (Wildman–Crippen MR) is 139 cm³/mol. The van der Waals surface area contributed by atoms with Gasteiger partial charge < -0.3 is 25.6 Å². The van der Waals surface area contributed by atoms with Gasteiger partial charge in [0.1, 0.15) is 18.7 Å². The summed E-state index contributed by atoms with van der Waals surface area (Å²) in [5, 5.41) is 24.4. The van der Waals surface area contributed by atoms with Crippen molar-refractivity contribution in [2.24, 2.45) is 0 Å². The molecule has 10 heteroatoms. The summed E-state index contributed by atoms with van der Waals surface area (Å²) in [6.07, 6.45) is -0.375. The molecule has 196 valence electrons. The molecule has 1 aliphatic rings. The van der Waals surface area contributed by atoms with Gasteiger partial charge in [-0.3, -0.25) is 9.69 Å². The topological polar surface area (TPSA) is 145 Å². The van der Waals surface area contributed by atoms with Gasteiger partial charge in [-0.1, -0.05) is 48.5 Å². The van der Waals surface area contributed by atoms with E-state index in [1.165, 1.54) is 11.0 Å². The van der Waals surface area contributed by atoms with Gasteiger partial charge in [0.05, 0.1) is 5.69 Å². The zero-order chi connectivity index (χ0) is 27.1. The van der Waals surface area contributed by atoms with Crippen LogP contribution in [0.1, 0.15) is 27.9 Å². The molecule has 3 aromatic carbocycles. The Balaban J connectivity index is 1.40. The molecule has 0 spiro atoms. The summed E-state index contributed by atoms with van der Waals surface area (Å²) in [5.74, 6) is -3.26. The molecule has 0 radical (unpaired) electrons. The SMILES string of the molecule is O=C(N[C@@H](CC(Nc1ccccc1)C(=O)O)C(=O)O)c1ccc2c(c1)CCN2C(=O)OCc1ccccc1. The van der Waals surface area contributed by atoms with Gasteiger partial charge in [-0.2, -0.15) is 0 Å². The molecule has 4 rings (SSSR count). The minimum Gasteiger partial charge on any atom is -0.480 e. The van der Waals surface area contributed by atoms with Gasteiger partial charge in [0.15, 0.2) is 0 Å². The summed E-state index contributed by atoms with van der Waals surface area (Å²) >= 11 is 0. The van der Waals surface area contributed by atoms with Gasteiger partial charge in [-0.05, 0) is 47.9 Å². The Bertz CT molecular complexity index is 1310. The summed E-state index contributed by atoms with van der Waals surface area (Å²) in [4.78, 5) is 50.6. The average molecular weight is 518 g/mol. The molecule has 1 unspecified atom stereocenters. The predicted octanol–water partition coefficient (Wildman–Crippen LogP) is 3.52. The fourth-order valence-corrected chi connectivity index (χ4v) is 4.19. The van der Waals surface area contributed by atoms with E-state index in [2.05, 4.69) is 10.6 Å². The lowest BCUT2D eigenvalue weighted by molar-refractivity contribution is -0.141. The molecule has 0 fully saturated rings. The lowest BCUT2D eigenvalue weighted by Gasteiger charge is -2.21. The summed E-state index contributed by atoms with van der Waals surface area (Å²) in [5.41, 5.74) is 2.95. The van der Waals surface area contributed by atoms with Crippen molar-refractivity contribution < 1.29 is 34.1 Å². The number of para-hydroxylation sites is 1. The van der Waals surface area contributed by atoms with Crippen molar-refractivity contribution >= 4 is 35.3 Å². The van der Waals surface area contributed by atoms with E-state index in [0.29, 0.717) is 24.3 Å². The number of carboxylic acids is 2. The summed E-state index contributed by atoms with van der Waals surface area (Å²) < 4.78 is 5.41. The van der Waals surface area contributed by atoms with Crippen LogP contribution in [0.2, 0.25) is 0 Å². The molecule has 0 saturated heterocycles. The van der Waals surface area contributed by atoms with Crippen LogP contribution in [0, 0.1) is 0 Å². The van der Waals surface area contributed by atoms with Crippen molar-refractivity contribution in [2.45, 2.75) is 31.5 Å². The van der Waals surface area contributed by atoms with E-state index >= 15 is 0 Å². The second kappa shape index (κ2) is 11.9. The first kappa shape index (κ1) is 26.2. The van der Waals surface area contributed by atoms with Crippen LogP contribution in [0.15, 0.2) is 78.9 Å². The molecule has 4 N–H and O–H groups in total. The summed E-state index contributed by atoms with van der Waals surface area (Å²) in [6.45, 7) is 0.524. The molecule has 1 heterocycles. The van der Waals surface area contributed by atoms with Crippen molar-refractivity contribution in [2.75, 3.05) is 16.8 Å². The third-order valence-electron chi connectivity index (χ3n) is 6.15. The van der Waals surface area contributed by atoms with E-state index in [9.17, 15) is 29.4 Å². The van der Waals surface area contributed by atoms with Crippen LogP contribution in [0.3, 0.4) is 0 Å². The third kappa shape index (κ3) is 6.47. The lowest BCUT2D eigenvalue weighted by Crippen LogP contribution is -2.46. The minimum atomic E-state index is -1.45. The van der Waals surface area contributed by atoms with Crippen molar-refractivity contribution in [3.05, 3.63) is 95.6 Å². The first-order valence-electron chi connectivity index (χ1n) is 12.0. The highest BCUT2D eigenvalue weighted by Gasteiger charge is 2.30. The molecule has 2 amide bonds. The third-order valence-corrected chi connectivity index (χ3v) is 6.15. The lowest BCUT2D eigenvalue weighted by atomic mass is 10.0. The number of nitrogens with one attached hydrogen (secondary N) is 2. The Labute approximate surface area is 218 Å². The van der Waals surface area contributed by atoms with Crippen LogP contribution in [-0.2, 0) is 27.4 Å². The molecular formula is C28H27N3O7. The van der Waals surface area contributed by atoms with Gasteiger partial charge in [0.2, 0.25) is 0 Å². The summed E-state index contributed by atoms with van der Waals surface area (Å²) in [7, 11) is 0. The molecule has 0 saturated carbocycles. The minimum absolute atomic E-state index is 0.138. The van der Waals surface area contributed by atoms with Gasteiger partial charge in [0.25, 0.3) is 5.91 Å². The van der Waals surface area contributed by atoms with Gasteiger partial charge in [0, 0.05) is 24.2 Å². The Morgan fingerprint density at radius 3 is 2.18 bits per heavy atom. The molecule has 3 aromatic rings. The standard InChI is InChI=1S/C28H27N3O7/c32-25(30-23(27(35)36)16-22(26(33)34)29-21-9-5-2-6-10-21)20-11-12-24-19(15-20)13-14-31(24)28(37)38-17-18-7-3-1-4-8-18/h1-12,15,22-23,29H,13-14,16-17H2,(H,30,32)(H,33,34)(H,35,36)/t22?,23-/m0/s1. The highest BCUT2D eigenvalue weighted by molar-refractivity contribution is 5.98. The number of hydrogen-bond acceptors (Lipinski definition) is 6. The monoisotopic (exact) mass is 517 g/mol. The molecule has 0 aromatic heterocycles. The number of carbonyl (C=O) groups is 4. The van der Waals surface area contributed by atoms with E-state index in [4.69, 9.17) is 4.74 Å². The Morgan fingerprint density at radius 1 is 0.868 bits per heavy atom. The molecule has 0 bridgehead atoms. The highest BCUT2D eigenvalue weighted by Crippen LogP contribution is 2.29. The molecule has 10 nitrogen and oxygen atoms in total. The zero-order valence-electron chi connectivity index (χ0n) is 20.4. The van der Waals surface area contributed by atoms with Crippen molar-refractivity contribution in [3.8, 4) is 0 Å². The average Bonchev–Trinajstić information content (AvgIpc) is 3.35. The number of benzene rings is 3. The van der Waals surface area contributed by atoms with E-state index in [-0.39, 0.29) is 18.6 Å². The van der Waals surface area contributed by atoms with Crippen LogP contribution in [0.5, 0.6) is 0 Å². The number of amides is 2. The normalized spacial score (nSPS) is 13.6. The number of fused-ring (bicyclic) bond motifs is 1. The zero-order valence-corrected chi connectivity index (χ0v) is 20.4. The van der Waals surface area contributed by atoms with Gasteiger partial charge in [-0.25, -0.2) is 14.4 Å². The maximum Gasteiger partial charge on any atom is 0.414 e. The number of rotatable bonds is 10. The number of hydrogen-bond donors (Lipinski definition) is 4. The quantitative estimate of drug-likeness (QED) is 0.320. The fourth-order valence-electron chi connectivity index (χ4n) is 4.19. The maximum absolute atomic E-state index is 12.9. The number of carboxylic acid groups (broad SMARTS) is 2. The second-order valence-electron chi connectivity index (χ2n) is 8.79. The van der Waals surface area contributed by atoms with Crippen LogP contribution < -0.4 is 15.5 Å². The first-order chi connectivity index (χ1) is 18.3. The number of carbonyl (C=O) groups excluding carboxylic acids is 2. The second-order valence-corrected chi connectivity index (χ2v) is 8.79. The molecule has 1 aliphatic heterocycles. The summed E-state index contributed by atoms with van der Waals surface area (Å²) in [6, 6.07) is 19.9. The van der Waals surface area contributed by atoms with Gasteiger partial charge >= 0.3 is 18.0 Å². The van der Waals surface area contributed by atoms with E-state index in [1.54, 1.807) is 42.5 Å². The molecular weight excluding hydrogens is 490 g/mol. The Kier molecular flexibility index (Phi) is 8.22. The molecule has 38 heavy (non-hydrogen) atoms. The van der Waals surface area contributed by atoms with Crippen molar-refractivity contribution in [3.63, 3.8) is 0 Å². The van der Waals surface area contributed by atoms with Crippen LogP contribution >= 0.6 is 0 Å². The van der Waals surface area contributed by atoms with E-state index < -0.39 is 36.0 Å². The van der Waals surface area contributed by atoms with E-state index in [0.717, 1.165) is 11.1 Å². The smallest absolute Gasteiger partial charge is 0.414 e. The van der Waals surface area contributed by atoms with Crippen LogP contribution in [0.25, 0.3) is 0 Å². The number of aliphatic carboxylic acids is 2. The first-order valence-corrected chi connectivity index (χ1v) is 12.0. The highest BCUT2D eigenvalue weighted by atomic mass is 16.6.